The number of nitrogens with zero attached hydrogens (tertiary/aromatic N) is 1. The van der Waals surface area contributed by atoms with E-state index in [-0.39, 0.29) is 5.91 Å². The van der Waals surface area contributed by atoms with E-state index in [1.54, 1.807) is 12.4 Å². The van der Waals surface area contributed by atoms with Gasteiger partial charge in [0.15, 0.2) is 0 Å². The third-order valence-electron chi connectivity index (χ3n) is 4.15. The maximum atomic E-state index is 12.1. The van der Waals surface area contributed by atoms with Gasteiger partial charge in [0.05, 0.1) is 6.10 Å². The molecule has 1 aliphatic rings. The van der Waals surface area contributed by atoms with Crippen molar-refractivity contribution in [2.24, 2.45) is 0 Å². The average molecular weight is 416 g/mol. The number of aromatic amines is 1. The predicted molar refractivity (Wildman–Crippen MR) is 98.6 cm³/mol. The molecule has 0 aliphatic carbocycles. The summed E-state index contributed by atoms with van der Waals surface area (Å²) in [5.41, 5.74) is 1.50. The van der Waals surface area contributed by atoms with Crippen LogP contribution in [0.4, 0.5) is 13.2 Å². The lowest BCUT2D eigenvalue weighted by Crippen LogP contribution is -2.33. The lowest BCUT2D eigenvalue weighted by molar-refractivity contribution is -0.192. The molecule has 4 N–H and O–H groups in total. The number of aliphatic carboxylic acids is 1. The van der Waals surface area contributed by atoms with Gasteiger partial charge in [-0.15, -0.1) is 0 Å². The van der Waals surface area contributed by atoms with Crippen LogP contribution in [0.15, 0.2) is 24.5 Å². The number of H-pyrrole nitrogens is 1. The largest absolute Gasteiger partial charge is 0.490 e. The molecule has 8 nitrogen and oxygen atoms in total. The number of carboxylic acid groups (broad SMARTS) is 1. The zero-order valence-electron chi connectivity index (χ0n) is 15.6. The summed E-state index contributed by atoms with van der Waals surface area (Å²) >= 11 is 0. The summed E-state index contributed by atoms with van der Waals surface area (Å²) < 4.78 is 37.5. The number of carbonyl (C=O) groups excluding carboxylic acids is 1. The van der Waals surface area contributed by atoms with Crippen molar-refractivity contribution in [3.63, 3.8) is 0 Å². The molecule has 2 aromatic rings. The number of halogens is 3. The Morgan fingerprint density at radius 3 is 2.62 bits per heavy atom. The van der Waals surface area contributed by atoms with E-state index >= 15 is 0 Å². The van der Waals surface area contributed by atoms with Crippen LogP contribution in [-0.4, -0.2) is 65.5 Å². The molecule has 0 atom stereocenters. The van der Waals surface area contributed by atoms with Crippen LogP contribution in [0.25, 0.3) is 10.9 Å². The summed E-state index contributed by atoms with van der Waals surface area (Å²) in [4.78, 5) is 28.1. The highest BCUT2D eigenvalue weighted by molar-refractivity contribution is 5.97. The van der Waals surface area contributed by atoms with E-state index < -0.39 is 12.1 Å². The van der Waals surface area contributed by atoms with Crippen LogP contribution in [0.3, 0.4) is 0 Å². The van der Waals surface area contributed by atoms with E-state index in [4.69, 9.17) is 14.6 Å². The Labute approximate surface area is 164 Å². The Bertz CT molecular complexity index is 771. The first kappa shape index (κ1) is 22.6. The lowest BCUT2D eigenvalue weighted by atomic mass is 10.1. The molecular formula is C18H23F3N4O4. The second-order valence-corrected chi connectivity index (χ2v) is 6.38. The predicted octanol–water partition coefficient (Wildman–Crippen LogP) is 2.08. The van der Waals surface area contributed by atoms with Crippen molar-refractivity contribution in [3.05, 3.63) is 30.2 Å². The summed E-state index contributed by atoms with van der Waals surface area (Å²) in [6.07, 6.45) is 1.73. The van der Waals surface area contributed by atoms with Crippen molar-refractivity contribution in [2.75, 3.05) is 26.2 Å². The zero-order valence-corrected chi connectivity index (χ0v) is 15.6. The molecule has 1 fully saturated rings. The quantitative estimate of drug-likeness (QED) is 0.536. The molecule has 0 radical (unpaired) electrons. The molecular weight excluding hydrogens is 393 g/mol. The highest BCUT2D eigenvalue weighted by atomic mass is 19.4. The van der Waals surface area contributed by atoms with Crippen LogP contribution >= 0.6 is 0 Å². The molecule has 0 aromatic carbocycles. The van der Waals surface area contributed by atoms with Gasteiger partial charge in [0.25, 0.3) is 5.91 Å². The minimum absolute atomic E-state index is 0.0851. The molecule has 29 heavy (non-hydrogen) atoms. The van der Waals surface area contributed by atoms with E-state index in [0.717, 1.165) is 43.3 Å². The van der Waals surface area contributed by atoms with E-state index in [0.29, 0.717) is 24.9 Å². The highest BCUT2D eigenvalue weighted by Crippen LogP contribution is 2.14. The molecule has 1 amide bonds. The van der Waals surface area contributed by atoms with Gasteiger partial charge in [-0.3, -0.25) is 9.78 Å². The molecule has 2 aromatic heterocycles. The number of hydrogen-bond donors (Lipinski definition) is 4. The fraction of sp³-hybridized carbons (Fsp3) is 0.500. The number of ether oxygens (including phenoxy) is 1. The number of fused-ring (bicyclic) bond motifs is 1. The van der Waals surface area contributed by atoms with Gasteiger partial charge in [-0.25, -0.2) is 4.79 Å². The minimum Gasteiger partial charge on any atom is -0.475 e. The smallest absolute Gasteiger partial charge is 0.475 e. The van der Waals surface area contributed by atoms with Gasteiger partial charge in [0, 0.05) is 36.4 Å². The number of aromatic nitrogens is 2. The highest BCUT2D eigenvalue weighted by Gasteiger charge is 2.38. The molecule has 1 saturated heterocycles. The lowest BCUT2D eigenvalue weighted by Gasteiger charge is -2.22. The topological polar surface area (TPSA) is 116 Å². The SMILES string of the molecule is O=C(NCCCOC1CCNCC1)c1cc2cnccc2[nH]1.O=C(O)C(F)(F)F. The van der Waals surface area contributed by atoms with Crippen LogP contribution in [-0.2, 0) is 9.53 Å². The van der Waals surface area contributed by atoms with Gasteiger partial charge >= 0.3 is 12.1 Å². The fourth-order valence-corrected chi connectivity index (χ4v) is 2.68. The number of carboxylic acids is 1. The molecule has 3 rings (SSSR count). The van der Waals surface area contributed by atoms with Crippen LogP contribution in [0.5, 0.6) is 0 Å². The van der Waals surface area contributed by atoms with Crippen molar-refractivity contribution >= 4 is 22.8 Å². The molecule has 160 valence electrons. The number of hydrogen-bond acceptors (Lipinski definition) is 5. The zero-order chi connectivity index (χ0) is 21.3. The number of amides is 1. The maximum absolute atomic E-state index is 12.1. The average Bonchev–Trinajstić information content (AvgIpc) is 3.12. The molecule has 1 aliphatic heterocycles. The Balaban J connectivity index is 0.000000370. The first-order valence-electron chi connectivity index (χ1n) is 9.10. The van der Waals surface area contributed by atoms with E-state index in [1.807, 2.05) is 12.1 Å². The van der Waals surface area contributed by atoms with Crippen LogP contribution in [0, 0.1) is 0 Å². The number of pyridine rings is 1. The molecule has 0 saturated carbocycles. The molecule has 0 unspecified atom stereocenters. The van der Waals surface area contributed by atoms with E-state index in [1.165, 1.54) is 0 Å². The van der Waals surface area contributed by atoms with Gasteiger partial charge in [0.2, 0.25) is 0 Å². The van der Waals surface area contributed by atoms with Gasteiger partial charge in [-0.2, -0.15) is 13.2 Å². The third-order valence-corrected chi connectivity index (χ3v) is 4.15. The van der Waals surface area contributed by atoms with Gasteiger partial charge in [-0.05, 0) is 44.5 Å². The first-order chi connectivity index (χ1) is 13.8. The normalized spacial score (nSPS) is 14.9. The summed E-state index contributed by atoms with van der Waals surface area (Å²) in [5, 5.41) is 14.3. The molecule has 0 bridgehead atoms. The van der Waals surface area contributed by atoms with Crippen molar-refractivity contribution in [3.8, 4) is 0 Å². The third kappa shape index (κ3) is 7.70. The maximum Gasteiger partial charge on any atom is 0.490 e. The second kappa shape index (κ2) is 10.8. The van der Waals surface area contributed by atoms with Crippen molar-refractivity contribution < 1.29 is 32.6 Å². The number of nitrogens with one attached hydrogen (secondary N) is 3. The van der Waals surface area contributed by atoms with Crippen LogP contribution in [0.2, 0.25) is 0 Å². The van der Waals surface area contributed by atoms with Crippen molar-refractivity contribution in [1.82, 2.24) is 20.6 Å². The standard InChI is InChI=1S/C16H22N4O2.C2HF3O2/c21-16(15-10-12-11-18-8-4-14(12)20-15)19-5-1-9-22-13-2-6-17-7-3-13;3-2(4,5)1(6)7/h4,8,10-11,13,17,20H,1-3,5-7,9H2,(H,19,21);(H,6,7). The first-order valence-corrected chi connectivity index (χ1v) is 9.10. The molecule has 3 heterocycles. The van der Waals surface area contributed by atoms with Crippen LogP contribution in [0.1, 0.15) is 29.8 Å². The Morgan fingerprint density at radius 1 is 1.31 bits per heavy atom. The number of alkyl halides is 3. The van der Waals surface area contributed by atoms with E-state index in [9.17, 15) is 18.0 Å². The monoisotopic (exact) mass is 416 g/mol. The van der Waals surface area contributed by atoms with Crippen molar-refractivity contribution in [2.45, 2.75) is 31.5 Å². The van der Waals surface area contributed by atoms with Gasteiger partial charge in [0.1, 0.15) is 5.69 Å². The van der Waals surface area contributed by atoms with E-state index in [2.05, 4.69) is 20.6 Å². The van der Waals surface area contributed by atoms with Gasteiger partial charge < -0.3 is 25.5 Å². The molecule has 11 heteroatoms. The Kier molecular flexibility index (Phi) is 8.40. The molecule has 0 spiro atoms. The number of piperidine rings is 1. The summed E-state index contributed by atoms with van der Waals surface area (Å²) in [7, 11) is 0. The number of carbonyl (C=O) groups is 2. The van der Waals surface area contributed by atoms with Crippen LogP contribution < -0.4 is 10.6 Å². The number of rotatable bonds is 6. The Hall–Kier alpha value is -2.66. The summed E-state index contributed by atoms with van der Waals surface area (Å²) in [6.45, 7) is 3.40. The van der Waals surface area contributed by atoms with Crippen molar-refractivity contribution in [1.29, 1.82) is 0 Å². The minimum atomic E-state index is -5.08. The summed E-state index contributed by atoms with van der Waals surface area (Å²) in [5.74, 6) is -2.84. The second-order valence-electron chi connectivity index (χ2n) is 6.38. The fourth-order valence-electron chi connectivity index (χ4n) is 2.68. The van der Waals surface area contributed by atoms with Gasteiger partial charge in [-0.1, -0.05) is 0 Å². The summed E-state index contributed by atoms with van der Waals surface area (Å²) in [6, 6.07) is 3.68. The Morgan fingerprint density at radius 2 is 2.00 bits per heavy atom.